The third-order valence-corrected chi connectivity index (χ3v) is 3.43. The van der Waals surface area contributed by atoms with Gasteiger partial charge in [-0.05, 0) is 32.4 Å². The second-order valence-corrected chi connectivity index (χ2v) is 5.07. The highest BCUT2D eigenvalue weighted by Gasteiger charge is 2.18. The number of H-pyrrole nitrogens is 1. The summed E-state index contributed by atoms with van der Waals surface area (Å²) < 4.78 is 1.87. The van der Waals surface area contributed by atoms with E-state index in [9.17, 15) is 4.79 Å². The zero-order valence-corrected chi connectivity index (χ0v) is 12.6. The number of hydrogen-bond acceptors (Lipinski definition) is 4. The predicted molar refractivity (Wildman–Crippen MR) is 81.9 cm³/mol. The minimum Gasteiger partial charge on any atom is -0.315 e. The molecule has 0 spiro atoms. The highest BCUT2D eigenvalue weighted by molar-refractivity contribution is 6.02. The van der Waals surface area contributed by atoms with Crippen LogP contribution >= 0.6 is 12.4 Å². The monoisotopic (exact) mass is 310 g/mol. The molecule has 8 heteroatoms. The molecule has 3 rings (SSSR count). The van der Waals surface area contributed by atoms with Crippen LogP contribution < -0.4 is 10.6 Å². The van der Waals surface area contributed by atoms with Crippen molar-refractivity contribution < 1.29 is 4.79 Å². The Balaban J connectivity index is 0.00000161. The van der Waals surface area contributed by atoms with Crippen LogP contribution in [-0.2, 0) is 0 Å². The van der Waals surface area contributed by atoms with E-state index in [1.807, 2.05) is 17.8 Å². The minimum atomic E-state index is -0.237. The first-order chi connectivity index (χ1) is 9.72. The van der Waals surface area contributed by atoms with E-state index in [1.165, 1.54) is 0 Å². The van der Waals surface area contributed by atoms with Crippen molar-refractivity contribution in [3.8, 4) is 0 Å². The number of halogens is 1. The molecule has 1 unspecified atom stereocenters. The molecule has 21 heavy (non-hydrogen) atoms. The number of aromatic nitrogens is 4. The number of nitrogens with one attached hydrogen (secondary N) is 3. The molecule has 7 nitrogen and oxygen atoms in total. The van der Waals surface area contributed by atoms with Crippen LogP contribution in [0.2, 0.25) is 0 Å². The van der Waals surface area contributed by atoms with Crippen LogP contribution in [0, 0.1) is 6.92 Å². The van der Waals surface area contributed by atoms with Crippen molar-refractivity contribution in [1.29, 1.82) is 0 Å². The Morgan fingerprint density at radius 3 is 3.05 bits per heavy atom. The third kappa shape index (κ3) is 3.62. The molecule has 1 amide bonds. The number of anilines is 1. The van der Waals surface area contributed by atoms with E-state index >= 15 is 0 Å². The van der Waals surface area contributed by atoms with E-state index in [4.69, 9.17) is 0 Å². The van der Waals surface area contributed by atoms with Crippen LogP contribution in [0.3, 0.4) is 0 Å². The molecule has 1 atom stereocenters. The Morgan fingerprint density at radius 2 is 2.38 bits per heavy atom. The van der Waals surface area contributed by atoms with Crippen LogP contribution in [0.1, 0.15) is 35.1 Å². The van der Waals surface area contributed by atoms with Gasteiger partial charge in [0.2, 0.25) is 0 Å². The van der Waals surface area contributed by atoms with Crippen LogP contribution in [0.4, 0.5) is 5.82 Å². The van der Waals surface area contributed by atoms with E-state index in [1.54, 1.807) is 12.1 Å². The van der Waals surface area contributed by atoms with Crippen molar-refractivity contribution in [1.82, 2.24) is 25.3 Å². The highest BCUT2D eigenvalue weighted by atomic mass is 35.5. The van der Waals surface area contributed by atoms with Gasteiger partial charge < -0.3 is 10.6 Å². The van der Waals surface area contributed by atoms with Crippen molar-refractivity contribution in [2.45, 2.75) is 25.8 Å². The van der Waals surface area contributed by atoms with Gasteiger partial charge in [-0.1, -0.05) is 0 Å². The summed E-state index contributed by atoms with van der Waals surface area (Å²) in [5, 5.41) is 17.2. The largest absolute Gasteiger partial charge is 0.315 e. The summed E-state index contributed by atoms with van der Waals surface area (Å²) in [6.07, 6.45) is 4.09. The minimum absolute atomic E-state index is 0. The number of carbonyl (C=O) groups excluding carboxylic acids is 1. The number of piperidine rings is 1. The van der Waals surface area contributed by atoms with Gasteiger partial charge in [-0.25, -0.2) is 0 Å². The first kappa shape index (κ1) is 15.5. The van der Waals surface area contributed by atoms with Gasteiger partial charge >= 0.3 is 0 Å². The topological polar surface area (TPSA) is 87.6 Å². The SMILES string of the molecule is Cc1cc(NC(=O)c2ccn(C3CCCNC3)n2)n[nH]1.Cl. The Kier molecular flexibility index (Phi) is 4.98. The van der Waals surface area contributed by atoms with Crippen LogP contribution in [0.25, 0.3) is 0 Å². The number of hydrogen-bond donors (Lipinski definition) is 3. The van der Waals surface area contributed by atoms with Gasteiger partial charge in [0.05, 0.1) is 6.04 Å². The summed E-state index contributed by atoms with van der Waals surface area (Å²) in [6, 6.07) is 3.85. The molecular formula is C13H19ClN6O. The maximum absolute atomic E-state index is 12.1. The van der Waals surface area contributed by atoms with E-state index in [0.717, 1.165) is 31.6 Å². The van der Waals surface area contributed by atoms with Crippen LogP contribution in [0.15, 0.2) is 18.3 Å². The molecule has 1 saturated heterocycles. The molecule has 2 aromatic heterocycles. The fourth-order valence-electron chi connectivity index (χ4n) is 2.38. The Labute approximate surface area is 128 Å². The molecule has 0 aromatic carbocycles. The first-order valence-corrected chi connectivity index (χ1v) is 6.81. The molecule has 1 aliphatic rings. The lowest BCUT2D eigenvalue weighted by molar-refractivity contribution is 0.102. The van der Waals surface area contributed by atoms with Gasteiger partial charge in [0.15, 0.2) is 11.5 Å². The average molecular weight is 311 g/mol. The van der Waals surface area contributed by atoms with Crippen molar-refractivity contribution in [3.05, 3.63) is 29.7 Å². The van der Waals surface area contributed by atoms with Crippen molar-refractivity contribution >= 4 is 24.1 Å². The van der Waals surface area contributed by atoms with Gasteiger partial charge in [0.25, 0.3) is 5.91 Å². The van der Waals surface area contributed by atoms with Crippen molar-refractivity contribution in [3.63, 3.8) is 0 Å². The summed E-state index contributed by atoms with van der Waals surface area (Å²) in [5.74, 6) is 0.278. The lowest BCUT2D eigenvalue weighted by Gasteiger charge is -2.22. The highest BCUT2D eigenvalue weighted by Crippen LogP contribution is 2.16. The number of rotatable bonds is 3. The molecule has 3 heterocycles. The molecule has 3 N–H and O–H groups in total. The van der Waals surface area contributed by atoms with E-state index in [-0.39, 0.29) is 18.3 Å². The van der Waals surface area contributed by atoms with Crippen molar-refractivity contribution in [2.75, 3.05) is 18.4 Å². The molecule has 0 radical (unpaired) electrons. The maximum Gasteiger partial charge on any atom is 0.277 e. The van der Waals surface area contributed by atoms with E-state index in [2.05, 4.69) is 25.9 Å². The lowest BCUT2D eigenvalue weighted by atomic mass is 10.1. The van der Waals surface area contributed by atoms with Crippen LogP contribution in [0.5, 0.6) is 0 Å². The fraction of sp³-hybridized carbons (Fsp3) is 0.462. The molecule has 114 valence electrons. The number of amides is 1. The standard InChI is InChI=1S/C13H18N6O.ClH/c1-9-7-12(17-16-9)15-13(20)11-4-6-19(18-11)10-3-2-5-14-8-10;/h4,6-7,10,14H,2-3,5,8H2,1H3,(H2,15,16,17,20);1H. The van der Waals surface area contributed by atoms with E-state index < -0.39 is 0 Å². The number of carbonyl (C=O) groups is 1. The fourth-order valence-corrected chi connectivity index (χ4v) is 2.38. The number of nitrogens with zero attached hydrogens (tertiary/aromatic N) is 3. The average Bonchev–Trinajstić information content (AvgIpc) is 3.09. The van der Waals surface area contributed by atoms with Gasteiger partial charge in [0.1, 0.15) is 0 Å². The molecule has 1 aliphatic heterocycles. The first-order valence-electron chi connectivity index (χ1n) is 6.81. The van der Waals surface area contributed by atoms with Crippen molar-refractivity contribution in [2.24, 2.45) is 0 Å². The number of aryl methyl sites for hydroxylation is 1. The zero-order chi connectivity index (χ0) is 13.9. The third-order valence-electron chi connectivity index (χ3n) is 3.43. The van der Waals surface area contributed by atoms with Gasteiger partial charge in [-0.3, -0.25) is 14.6 Å². The summed E-state index contributed by atoms with van der Waals surface area (Å²) in [7, 11) is 0. The summed E-state index contributed by atoms with van der Waals surface area (Å²) >= 11 is 0. The summed E-state index contributed by atoms with van der Waals surface area (Å²) in [6.45, 7) is 3.85. The zero-order valence-electron chi connectivity index (χ0n) is 11.8. The normalized spacial score (nSPS) is 18.0. The quantitative estimate of drug-likeness (QED) is 0.802. The lowest BCUT2D eigenvalue weighted by Crippen LogP contribution is -2.32. The van der Waals surface area contributed by atoms with Crippen LogP contribution in [-0.4, -0.2) is 39.0 Å². The Morgan fingerprint density at radius 1 is 1.52 bits per heavy atom. The second kappa shape index (κ2) is 6.73. The predicted octanol–water partition coefficient (Wildman–Crippen LogP) is 1.51. The van der Waals surface area contributed by atoms with Gasteiger partial charge in [-0.2, -0.15) is 10.2 Å². The van der Waals surface area contributed by atoms with Gasteiger partial charge in [-0.15, -0.1) is 12.4 Å². The maximum atomic E-state index is 12.1. The number of aromatic amines is 1. The Bertz CT molecular complexity index is 601. The van der Waals surface area contributed by atoms with Gasteiger partial charge in [0, 0.05) is 24.5 Å². The Hall–Kier alpha value is -1.86. The molecule has 2 aromatic rings. The second-order valence-electron chi connectivity index (χ2n) is 5.07. The van der Waals surface area contributed by atoms with E-state index in [0.29, 0.717) is 17.6 Å². The summed E-state index contributed by atoms with van der Waals surface area (Å²) in [5.41, 5.74) is 1.32. The summed E-state index contributed by atoms with van der Waals surface area (Å²) in [4.78, 5) is 12.1. The molecular weight excluding hydrogens is 292 g/mol. The molecule has 1 fully saturated rings. The molecule has 0 bridgehead atoms. The molecule has 0 saturated carbocycles. The molecule has 0 aliphatic carbocycles. The smallest absolute Gasteiger partial charge is 0.277 e.